The van der Waals surface area contributed by atoms with Crippen molar-refractivity contribution in [2.24, 2.45) is 21.2 Å². The number of benzene rings is 2. The molecule has 0 aromatic heterocycles. The Morgan fingerprint density at radius 2 is 1.64 bits per heavy atom. The third-order valence-corrected chi connectivity index (χ3v) is 6.59. The third kappa shape index (κ3) is 9.62. The summed E-state index contributed by atoms with van der Waals surface area (Å²) in [6.07, 6.45) is 10.6. The van der Waals surface area contributed by atoms with E-state index in [2.05, 4.69) is 26.9 Å². The lowest BCUT2D eigenvalue weighted by Crippen LogP contribution is -2.37. The van der Waals surface area contributed by atoms with Crippen LogP contribution in [0.2, 0.25) is 0 Å². The zero-order valence-electron chi connectivity index (χ0n) is 25.7. The normalized spacial score (nSPS) is 15.2. The van der Waals surface area contributed by atoms with Crippen LogP contribution in [-0.2, 0) is 17.9 Å². The van der Waals surface area contributed by atoms with Gasteiger partial charge >= 0.3 is 0 Å². The molecule has 9 heteroatoms. The van der Waals surface area contributed by atoms with Crippen molar-refractivity contribution >= 4 is 23.3 Å². The number of nitrogens with two attached hydrogens (primary N) is 1. The van der Waals surface area contributed by atoms with Gasteiger partial charge in [-0.25, -0.2) is 0 Å². The van der Waals surface area contributed by atoms with E-state index in [-0.39, 0.29) is 17.6 Å². The van der Waals surface area contributed by atoms with Crippen molar-refractivity contribution in [1.29, 1.82) is 0 Å². The predicted octanol–water partition coefficient (Wildman–Crippen LogP) is 5.93. The van der Waals surface area contributed by atoms with Crippen molar-refractivity contribution < 1.29 is 9.59 Å². The molecule has 2 aromatic rings. The number of fused-ring (bicyclic) bond motifs is 1. The van der Waals surface area contributed by atoms with Crippen LogP contribution in [0.3, 0.4) is 0 Å². The van der Waals surface area contributed by atoms with Crippen molar-refractivity contribution in [3.05, 3.63) is 102 Å². The Morgan fingerprint density at radius 1 is 1.00 bits per heavy atom. The van der Waals surface area contributed by atoms with Gasteiger partial charge < -0.3 is 15.5 Å². The molecular weight excluding hydrogens is 526 g/mol. The van der Waals surface area contributed by atoms with Gasteiger partial charge in [0.2, 0.25) is 5.91 Å². The van der Waals surface area contributed by atoms with Gasteiger partial charge in [-0.15, -0.1) is 11.7 Å². The van der Waals surface area contributed by atoms with Gasteiger partial charge in [-0.05, 0) is 67.0 Å². The molecule has 0 bridgehead atoms. The highest BCUT2D eigenvalue weighted by molar-refractivity contribution is 6.00. The summed E-state index contributed by atoms with van der Waals surface area (Å²) in [7, 11) is 1.53. The molecule has 0 atom stereocenters. The van der Waals surface area contributed by atoms with Crippen LogP contribution in [0, 0.1) is 0 Å². The fourth-order valence-electron chi connectivity index (χ4n) is 4.36. The second kappa shape index (κ2) is 18.1. The summed E-state index contributed by atoms with van der Waals surface area (Å²) >= 11 is 0. The van der Waals surface area contributed by atoms with Crippen LogP contribution in [-0.4, -0.2) is 60.7 Å². The molecule has 9 nitrogen and oxygen atoms in total. The SMILES string of the molecule is C/C=C/C.C=CCCN1CC(=O)N(Cc2ccc(C(=O)N3CC=CC3)cc2)c2ccc(/C(N)=N/N=NC)cc2C1.CC. The molecule has 2 aromatic carbocycles. The first kappa shape index (κ1) is 33.8. The van der Waals surface area contributed by atoms with E-state index in [1.165, 1.54) is 7.05 Å². The Balaban J connectivity index is 0.000000947. The van der Waals surface area contributed by atoms with Crippen LogP contribution >= 0.6 is 0 Å². The summed E-state index contributed by atoms with van der Waals surface area (Å²) in [5.41, 5.74) is 10.2. The molecule has 224 valence electrons. The van der Waals surface area contributed by atoms with Crippen molar-refractivity contribution in [3.63, 3.8) is 0 Å². The summed E-state index contributed by atoms with van der Waals surface area (Å²) in [6.45, 7) is 15.1. The van der Waals surface area contributed by atoms with Gasteiger partial charge in [0.25, 0.3) is 5.91 Å². The molecule has 0 radical (unpaired) electrons. The molecule has 2 heterocycles. The van der Waals surface area contributed by atoms with Gasteiger partial charge in [-0.1, -0.05) is 56.4 Å². The minimum absolute atomic E-state index is 0.00925. The molecule has 2 amide bonds. The highest BCUT2D eigenvalue weighted by atomic mass is 16.2. The standard InChI is InChI=1S/C27H31N7O2.C4H8.C2H6/c1-3-4-13-32-18-23-16-22(26(28)30-31-29-2)11-12-24(23)34(25(35)19-32)17-20-7-9-21(10-8-20)27(36)33-14-5-6-15-33;1-3-4-2;1-2/h3,5-12,16H,1,4,13-15,17-19H2,2H3,(H2,28,29,30);3-4H,1-2H3;1-2H3/b;4-3+;. The first-order chi connectivity index (χ1) is 20.4. The first-order valence-electron chi connectivity index (χ1n) is 14.4. The zero-order valence-corrected chi connectivity index (χ0v) is 25.7. The number of allylic oxidation sites excluding steroid dienone is 2. The topological polar surface area (TPSA) is 107 Å². The Morgan fingerprint density at radius 3 is 2.24 bits per heavy atom. The van der Waals surface area contributed by atoms with Gasteiger partial charge in [-0.2, -0.15) is 5.11 Å². The van der Waals surface area contributed by atoms with Gasteiger partial charge in [0.05, 0.1) is 20.1 Å². The predicted molar refractivity (Wildman–Crippen MR) is 173 cm³/mol. The van der Waals surface area contributed by atoms with Crippen molar-refractivity contribution in [2.45, 2.75) is 47.2 Å². The summed E-state index contributed by atoms with van der Waals surface area (Å²) in [5, 5.41) is 11.2. The van der Waals surface area contributed by atoms with Gasteiger partial charge in [0.15, 0.2) is 5.84 Å². The zero-order chi connectivity index (χ0) is 30.9. The van der Waals surface area contributed by atoms with E-state index in [1.807, 2.05) is 101 Å². The first-order valence-corrected chi connectivity index (χ1v) is 14.4. The van der Waals surface area contributed by atoms with Crippen molar-refractivity contribution in [1.82, 2.24) is 9.80 Å². The lowest BCUT2D eigenvalue weighted by atomic mass is 10.1. The average molecular weight is 572 g/mol. The highest BCUT2D eigenvalue weighted by Crippen LogP contribution is 2.29. The number of nitrogens with zero attached hydrogens (tertiary/aromatic N) is 6. The molecule has 2 aliphatic heterocycles. The van der Waals surface area contributed by atoms with E-state index >= 15 is 0 Å². The van der Waals surface area contributed by atoms with Gasteiger partial charge in [0.1, 0.15) is 0 Å². The highest BCUT2D eigenvalue weighted by Gasteiger charge is 2.27. The van der Waals surface area contributed by atoms with Crippen LogP contribution in [0.1, 0.15) is 61.2 Å². The summed E-state index contributed by atoms with van der Waals surface area (Å²) in [5.74, 6) is 0.280. The van der Waals surface area contributed by atoms with E-state index < -0.39 is 0 Å². The van der Waals surface area contributed by atoms with E-state index in [9.17, 15) is 9.59 Å². The number of amidine groups is 1. The van der Waals surface area contributed by atoms with Crippen molar-refractivity contribution in [2.75, 3.05) is 38.1 Å². The Bertz CT molecular complexity index is 1280. The maximum absolute atomic E-state index is 13.4. The molecule has 0 spiro atoms. The average Bonchev–Trinajstić information content (AvgIpc) is 3.53. The second-order valence-electron chi connectivity index (χ2n) is 9.43. The van der Waals surface area contributed by atoms with Crippen LogP contribution in [0.25, 0.3) is 0 Å². The van der Waals surface area contributed by atoms with Gasteiger partial charge in [-0.3, -0.25) is 14.5 Å². The van der Waals surface area contributed by atoms with E-state index in [0.717, 1.165) is 35.3 Å². The smallest absolute Gasteiger partial charge is 0.254 e. The van der Waals surface area contributed by atoms with Crippen molar-refractivity contribution in [3.8, 4) is 0 Å². The van der Waals surface area contributed by atoms with E-state index in [0.29, 0.717) is 38.3 Å². The van der Waals surface area contributed by atoms with Crippen LogP contribution < -0.4 is 10.6 Å². The van der Waals surface area contributed by atoms with Crippen LogP contribution in [0.5, 0.6) is 0 Å². The Labute approximate surface area is 250 Å². The Hall–Kier alpha value is -4.37. The maximum atomic E-state index is 13.4. The monoisotopic (exact) mass is 571 g/mol. The molecule has 0 aliphatic carbocycles. The number of hydrogen-bond donors (Lipinski definition) is 1. The molecule has 0 saturated heterocycles. The minimum atomic E-state index is 0.00925. The summed E-state index contributed by atoms with van der Waals surface area (Å²) < 4.78 is 0. The molecule has 2 N–H and O–H groups in total. The number of anilines is 1. The van der Waals surface area contributed by atoms with Crippen LogP contribution in [0.15, 0.2) is 94.9 Å². The number of amides is 2. The molecular formula is C33H45N7O2. The maximum Gasteiger partial charge on any atom is 0.254 e. The lowest BCUT2D eigenvalue weighted by Gasteiger charge is -2.24. The number of carbonyl (C=O) groups excluding carboxylic acids is 2. The molecule has 42 heavy (non-hydrogen) atoms. The number of rotatable bonds is 8. The summed E-state index contributed by atoms with van der Waals surface area (Å²) in [4.78, 5) is 31.7. The second-order valence-corrected chi connectivity index (χ2v) is 9.43. The lowest BCUT2D eigenvalue weighted by molar-refractivity contribution is -0.119. The minimum Gasteiger partial charge on any atom is -0.382 e. The molecule has 0 unspecified atom stereocenters. The van der Waals surface area contributed by atoms with Crippen LogP contribution in [0.4, 0.5) is 5.69 Å². The number of hydrogen-bond acceptors (Lipinski definition) is 5. The van der Waals surface area contributed by atoms with Gasteiger partial charge in [0, 0.05) is 43.0 Å². The Kier molecular flexibility index (Phi) is 14.6. The number of carbonyl (C=O) groups is 2. The quantitative estimate of drug-likeness (QED) is 0.139. The fourth-order valence-corrected chi connectivity index (χ4v) is 4.36. The molecule has 0 fully saturated rings. The third-order valence-electron chi connectivity index (χ3n) is 6.59. The van der Waals surface area contributed by atoms with E-state index in [1.54, 1.807) is 9.80 Å². The summed E-state index contributed by atoms with van der Waals surface area (Å²) in [6, 6.07) is 13.2. The van der Waals surface area contributed by atoms with E-state index in [4.69, 9.17) is 5.73 Å². The molecule has 4 rings (SSSR count). The molecule has 0 saturated carbocycles. The largest absolute Gasteiger partial charge is 0.382 e. The molecule has 2 aliphatic rings. The fraction of sp³-hybridized carbons (Fsp3) is 0.364.